The molecule has 0 spiro atoms. The lowest BCUT2D eigenvalue weighted by molar-refractivity contribution is -0.384. The molecule has 3 aromatic carbocycles. The summed E-state index contributed by atoms with van der Waals surface area (Å²) < 4.78 is 28.1. The van der Waals surface area contributed by atoms with Gasteiger partial charge in [0.15, 0.2) is 0 Å². The van der Waals surface area contributed by atoms with Crippen LogP contribution in [0, 0.1) is 10.1 Å². The normalized spacial score (nSPS) is 12.2. The molecule has 0 fully saturated rings. The first-order valence-electron chi connectivity index (χ1n) is 8.75. The largest absolute Gasteiger partial charge is 0.364 e. The molecule has 3 aromatic rings. The first-order valence-corrected chi connectivity index (χ1v) is 10.9. The van der Waals surface area contributed by atoms with Crippen LogP contribution >= 0.6 is 23.2 Å². The molecule has 3 rings (SSSR count). The fraction of sp³-hybridized carbons (Fsp3) is 0.100. The number of nitrogens with zero attached hydrogens (tertiary/aromatic N) is 2. The van der Waals surface area contributed by atoms with Gasteiger partial charge in [-0.2, -0.15) is 0 Å². The summed E-state index contributed by atoms with van der Waals surface area (Å²) in [5.74, 6) is 0. The van der Waals surface area contributed by atoms with Crippen LogP contribution in [-0.2, 0) is 10.0 Å². The van der Waals surface area contributed by atoms with Gasteiger partial charge in [-0.1, -0.05) is 29.3 Å². The number of hydrogen-bond donors (Lipinski definition) is 1. The van der Waals surface area contributed by atoms with E-state index in [0.717, 1.165) is 0 Å². The first kappa shape index (κ1) is 21.9. The Balaban J connectivity index is 2.03. The van der Waals surface area contributed by atoms with E-state index in [1.165, 1.54) is 46.8 Å². The molecular formula is C20H17Cl2N3O4S. The predicted molar refractivity (Wildman–Crippen MR) is 119 cm³/mol. The van der Waals surface area contributed by atoms with E-state index in [1.54, 1.807) is 37.3 Å². The first-order chi connectivity index (χ1) is 14.2. The molecule has 10 heteroatoms. The number of sulfonamides is 1. The molecule has 1 N–H and O–H groups in total. The number of nitrogens with one attached hydrogen (secondary N) is 1. The molecule has 1 atom stereocenters. The summed E-state index contributed by atoms with van der Waals surface area (Å²) in [5.41, 5.74) is 0.674. The average molecular weight is 466 g/mol. The molecule has 0 saturated carbocycles. The Morgan fingerprint density at radius 2 is 1.53 bits per heavy atom. The van der Waals surface area contributed by atoms with Crippen LogP contribution in [-0.4, -0.2) is 19.5 Å². The van der Waals surface area contributed by atoms with Crippen LogP contribution in [0.3, 0.4) is 0 Å². The molecule has 0 aromatic heterocycles. The number of benzene rings is 3. The van der Waals surface area contributed by atoms with Crippen molar-refractivity contribution in [3.63, 3.8) is 0 Å². The Hall–Kier alpha value is -2.81. The molecule has 0 aliphatic rings. The highest BCUT2D eigenvalue weighted by atomic mass is 35.5. The zero-order chi connectivity index (χ0) is 21.9. The van der Waals surface area contributed by atoms with E-state index >= 15 is 0 Å². The second-order valence-electron chi connectivity index (χ2n) is 6.36. The molecule has 0 radical (unpaired) electrons. The fourth-order valence-electron chi connectivity index (χ4n) is 2.89. The lowest BCUT2D eigenvalue weighted by atomic mass is 10.2. The Kier molecular flexibility index (Phi) is 6.50. The zero-order valence-corrected chi connectivity index (χ0v) is 18.0. The predicted octanol–water partition coefficient (Wildman–Crippen LogP) is 5.56. The lowest BCUT2D eigenvalue weighted by Gasteiger charge is -2.31. The number of nitro groups is 1. The topological polar surface area (TPSA) is 92.6 Å². The van der Waals surface area contributed by atoms with Crippen molar-refractivity contribution in [2.24, 2.45) is 0 Å². The molecule has 156 valence electrons. The second-order valence-corrected chi connectivity index (χ2v) is 9.05. The Morgan fingerprint density at radius 1 is 0.967 bits per heavy atom. The van der Waals surface area contributed by atoms with Gasteiger partial charge in [-0.15, -0.1) is 0 Å². The molecule has 0 bridgehead atoms. The van der Waals surface area contributed by atoms with E-state index < -0.39 is 21.1 Å². The summed E-state index contributed by atoms with van der Waals surface area (Å²) in [6, 6.07) is 18.0. The summed E-state index contributed by atoms with van der Waals surface area (Å²) in [4.78, 5) is 10.6. The maximum Gasteiger partial charge on any atom is 0.271 e. The summed E-state index contributed by atoms with van der Waals surface area (Å²) in [5, 5.41) is 14.9. The van der Waals surface area contributed by atoms with Crippen LogP contribution in [0.25, 0.3) is 0 Å². The summed E-state index contributed by atoms with van der Waals surface area (Å²) >= 11 is 11.9. The van der Waals surface area contributed by atoms with Crippen molar-refractivity contribution < 1.29 is 13.3 Å². The summed E-state index contributed by atoms with van der Waals surface area (Å²) in [7, 11) is -3.99. The second kappa shape index (κ2) is 8.91. The van der Waals surface area contributed by atoms with Crippen molar-refractivity contribution in [3.8, 4) is 0 Å². The van der Waals surface area contributed by atoms with Crippen molar-refractivity contribution >= 4 is 50.3 Å². The van der Waals surface area contributed by atoms with Gasteiger partial charge >= 0.3 is 0 Å². The number of hydrogen-bond acceptors (Lipinski definition) is 5. The maximum atomic E-state index is 13.4. The number of rotatable bonds is 7. The molecule has 7 nitrogen and oxygen atoms in total. The van der Waals surface area contributed by atoms with Crippen LogP contribution in [0.15, 0.2) is 77.7 Å². The molecule has 0 heterocycles. The van der Waals surface area contributed by atoms with E-state index in [2.05, 4.69) is 5.32 Å². The third kappa shape index (κ3) is 4.84. The van der Waals surface area contributed by atoms with Crippen molar-refractivity contribution in [2.45, 2.75) is 18.0 Å². The minimum absolute atomic E-state index is 0.0505. The fourth-order valence-corrected chi connectivity index (χ4v) is 4.72. The van der Waals surface area contributed by atoms with E-state index in [1.807, 2.05) is 0 Å². The Bertz CT molecular complexity index is 1150. The molecule has 1 unspecified atom stereocenters. The van der Waals surface area contributed by atoms with Gasteiger partial charge in [-0.05, 0) is 61.5 Å². The lowest BCUT2D eigenvalue weighted by Crippen LogP contribution is -2.43. The van der Waals surface area contributed by atoms with Gasteiger partial charge in [0.2, 0.25) is 0 Å². The van der Waals surface area contributed by atoms with Gasteiger partial charge in [0.25, 0.3) is 15.7 Å². The SMILES string of the molecule is CC(Nc1cccc([N+](=O)[O-])c1)N(c1ccc(Cl)cc1)S(=O)(=O)c1ccc(Cl)cc1. The quantitative estimate of drug-likeness (QED) is 0.280. The minimum Gasteiger partial charge on any atom is -0.364 e. The van der Waals surface area contributed by atoms with Gasteiger partial charge in [0, 0.05) is 27.9 Å². The highest BCUT2D eigenvalue weighted by molar-refractivity contribution is 7.92. The van der Waals surface area contributed by atoms with Crippen molar-refractivity contribution in [2.75, 3.05) is 9.62 Å². The zero-order valence-electron chi connectivity index (χ0n) is 15.7. The highest BCUT2D eigenvalue weighted by Gasteiger charge is 2.30. The van der Waals surface area contributed by atoms with Crippen LogP contribution < -0.4 is 9.62 Å². The van der Waals surface area contributed by atoms with Crippen molar-refractivity contribution in [1.29, 1.82) is 0 Å². The van der Waals surface area contributed by atoms with Crippen LogP contribution in [0.1, 0.15) is 6.92 Å². The highest BCUT2D eigenvalue weighted by Crippen LogP contribution is 2.29. The number of non-ortho nitro benzene ring substituents is 1. The van der Waals surface area contributed by atoms with Gasteiger partial charge < -0.3 is 5.32 Å². The minimum atomic E-state index is -3.99. The Labute approximate surface area is 184 Å². The molecule has 30 heavy (non-hydrogen) atoms. The summed E-state index contributed by atoms with van der Waals surface area (Å²) in [6.45, 7) is 1.64. The van der Waals surface area contributed by atoms with Crippen LogP contribution in [0.2, 0.25) is 10.0 Å². The molecular weight excluding hydrogens is 449 g/mol. The number of nitro benzene ring substituents is 1. The maximum absolute atomic E-state index is 13.4. The number of halogens is 2. The van der Waals surface area contributed by atoms with Gasteiger partial charge in [0.1, 0.15) is 6.17 Å². The van der Waals surface area contributed by atoms with Crippen LogP contribution in [0.5, 0.6) is 0 Å². The van der Waals surface area contributed by atoms with Gasteiger partial charge in [-0.25, -0.2) is 12.7 Å². The van der Waals surface area contributed by atoms with Gasteiger partial charge in [0.05, 0.1) is 15.5 Å². The molecule has 0 saturated heterocycles. The third-order valence-electron chi connectivity index (χ3n) is 4.24. The van der Waals surface area contributed by atoms with E-state index in [-0.39, 0.29) is 10.6 Å². The number of anilines is 2. The molecule has 0 aliphatic carbocycles. The van der Waals surface area contributed by atoms with E-state index in [4.69, 9.17) is 23.2 Å². The van der Waals surface area contributed by atoms with Crippen molar-refractivity contribution in [3.05, 3.63) is 93.0 Å². The van der Waals surface area contributed by atoms with Crippen LogP contribution in [0.4, 0.5) is 17.1 Å². The Morgan fingerprint density at radius 3 is 2.10 bits per heavy atom. The van der Waals surface area contributed by atoms with E-state index in [0.29, 0.717) is 21.4 Å². The average Bonchev–Trinajstić information content (AvgIpc) is 2.70. The van der Waals surface area contributed by atoms with Gasteiger partial charge in [-0.3, -0.25) is 10.1 Å². The smallest absolute Gasteiger partial charge is 0.271 e. The molecule has 0 amide bonds. The third-order valence-corrected chi connectivity index (χ3v) is 6.65. The monoisotopic (exact) mass is 465 g/mol. The summed E-state index contributed by atoms with van der Waals surface area (Å²) in [6.07, 6.45) is -0.783. The van der Waals surface area contributed by atoms with Crippen molar-refractivity contribution in [1.82, 2.24) is 0 Å². The van der Waals surface area contributed by atoms with E-state index in [9.17, 15) is 18.5 Å². The standard InChI is InChI=1S/C20H17Cl2N3O4S/c1-14(23-17-3-2-4-19(13-17)25(26)27)24(18-9-5-15(21)6-10-18)30(28,29)20-11-7-16(22)8-12-20/h2-14,23H,1H3. The molecule has 0 aliphatic heterocycles.